The van der Waals surface area contributed by atoms with Crippen LogP contribution in [0.2, 0.25) is 0 Å². The van der Waals surface area contributed by atoms with Gasteiger partial charge < -0.3 is 5.32 Å². The first-order valence-electron chi connectivity index (χ1n) is 7.69. The second kappa shape index (κ2) is 7.84. The van der Waals surface area contributed by atoms with Crippen molar-refractivity contribution in [2.24, 2.45) is 0 Å². The maximum atomic E-state index is 12.2. The quantitative estimate of drug-likeness (QED) is 0.626. The minimum Gasteiger partial charge on any atom is -0.324 e. The van der Waals surface area contributed by atoms with Crippen LogP contribution in [0.15, 0.2) is 58.4 Å². The smallest absolute Gasteiger partial charge is 0.234 e. The molecule has 0 unspecified atom stereocenters. The Balaban J connectivity index is 1.69. The van der Waals surface area contributed by atoms with Crippen LogP contribution in [0.1, 0.15) is 11.1 Å². The summed E-state index contributed by atoms with van der Waals surface area (Å²) in [5, 5.41) is 11.7. The average Bonchev–Trinajstić information content (AvgIpc) is 3.03. The summed E-state index contributed by atoms with van der Waals surface area (Å²) in [4.78, 5) is 12.2. The zero-order valence-corrected chi connectivity index (χ0v) is 16.3. The van der Waals surface area contributed by atoms with Crippen molar-refractivity contribution in [3.8, 4) is 5.69 Å². The minimum atomic E-state index is -0.0907. The minimum absolute atomic E-state index is 0.0907. The van der Waals surface area contributed by atoms with Crippen LogP contribution in [-0.2, 0) is 4.79 Å². The van der Waals surface area contributed by atoms with Crippen LogP contribution >= 0.6 is 27.7 Å². The molecule has 128 valence electrons. The molecule has 0 aliphatic heterocycles. The van der Waals surface area contributed by atoms with Gasteiger partial charge in [0.2, 0.25) is 5.91 Å². The lowest BCUT2D eigenvalue weighted by atomic mass is 10.1. The van der Waals surface area contributed by atoms with Crippen molar-refractivity contribution in [3.63, 3.8) is 0 Å². The van der Waals surface area contributed by atoms with E-state index in [2.05, 4.69) is 57.4 Å². The fourth-order valence-corrected chi connectivity index (χ4v) is 3.55. The first kappa shape index (κ1) is 17.7. The summed E-state index contributed by atoms with van der Waals surface area (Å²) in [6, 6.07) is 13.7. The Morgan fingerprint density at radius 1 is 1.24 bits per heavy atom. The highest BCUT2D eigenvalue weighted by molar-refractivity contribution is 9.10. The Bertz CT molecular complexity index is 910. The van der Waals surface area contributed by atoms with Gasteiger partial charge in [-0.2, -0.15) is 0 Å². The lowest BCUT2D eigenvalue weighted by molar-refractivity contribution is -0.113. The fourth-order valence-electron chi connectivity index (χ4n) is 2.44. The zero-order chi connectivity index (χ0) is 17.8. The topological polar surface area (TPSA) is 59.8 Å². The van der Waals surface area contributed by atoms with Gasteiger partial charge in [0, 0.05) is 4.47 Å². The van der Waals surface area contributed by atoms with Crippen molar-refractivity contribution in [1.29, 1.82) is 0 Å². The molecule has 0 atom stereocenters. The van der Waals surface area contributed by atoms with E-state index >= 15 is 0 Å². The molecular weight excluding hydrogens is 400 g/mol. The molecule has 3 rings (SSSR count). The van der Waals surface area contributed by atoms with Crippen LogP contribution in [-0.4, -0.2) is 26.4 Å². The molecule has 0 aliphatic carbocycles. The Morgan fingerprint density at radius 2 is 2.04 bits per heavy atom. The summed E-state index contributed by atoms with van der Waals surface area (Å²) in [6.45, 7) is 4.11. The Kier molecular flexibility index (Phi) is 5.55. The van der Waals surface area contributed by atoms with E-state index in [1.807, 2.05) is 34.9 Å². The van der Waals surface area contributed by atoms with Crippen LogP contribution in [0.5, 0.6) is 0 Å². The average molecular weight is 417 g/mol. The molecule has 25 heavy (non-hydrogen) atoms. The highest BCUT2D eigenvalue weighted by Crippen LogP contribution is 2.24. The summed E-state index contributed by atoms with van der Waals surface area (Å²) >= 11 is 4.78. The molecule has 0 radical (unpaired) electrons. The molecule has 0 saturated carbocycles. The number of hydrogen-bond donors (Lipinski definition) is 1. The lowest BCUT2D eigenvalue weighted by Gasteiger charge is -2.10. The number of rotatable bonds is 5. The molecule has 0 spiro atoms. The number of carbonyl (C=O) groups is 1. The molecule has 7 heteroatoms. The van der Waals surface area contributed by atoms with E-state index in [0.717, 1.165) is 21.4 Å². The van der Waals surface area contributed by atoms with Crippen LogP contribution in [0.25, 0.3) is 5.69 Å². The fraction of sp³-hybridized carbons (Fsp3) is 0.167. The van der Waals surface area contributed by atoms with Crippen LogP contribution in [0.4, 0.5) is 5.69 Å². The zero-order valence-electron chi connectivity index (χ0n) is 13.9. The number of nitrogens with zero attached hydrogens (tertiary/aromatic N) is 3. The third-order valence-electron chi connectivity index (χ3n) is 3.61. The van der Waals surface area contributed by atoms with Gasteiger partial charge >= 0.3 is 0 Å². The van der Waals surface area contributed by atoms with Crippen molar-refractivity contribution in [3.05, 3.63) is 64.4 Å². The summed E-state index contributed by atoms with van der Waals surface area (Å²) in [6.07, 6.45) is 1.67. The number of benzene rings is 2. The van der Waals surface area contributed by atoms with Gasteiger partial charge in [-0.15, -0.1) is 10.2 Å². The second-order valence-corrected chi connectivity index (χ2v) is 7.39. The molecule has 5 nitrogen and oxygen atoms in total. The molecule has 1 heterocycles. The van der Waals surface area contributed by atoms with E-state index in [1.165, 1.54) is 17.3 Å². The van der Waals surface area contributed by atoms with Crippen LogP contribution in [0.3, 0.4) is 0 Å². The Morgan fingerprint density at radius 3 is 2.80 bits per heavy atom. The van der Waals surface area contributed by atoms with Crippen molar-refractivity contribution in [2.45, 2.75) is 19.0 Å². The molecule has 0 saturated heterocycles. The number of anilines is 1. The Labute approximate surface area is 159 Å². The van der Waals surface area contributed by atoms with Gasteiger partial charge in [0.1, 0.15) is 6.33 Å². The molecule has 0 fully saturated rings. The van der Waals surface area contributed by atoms with Crippen LogP contribution < -0.4 is 5.32 Å². The number of aromatic nitrogens is 3. The van der Waals surface area contributed by atoms with Gasteiger partial charge in [0.15, 0.2) is 5.16 Å². The van der Waals surface area contributed by atoms with E-state index in [0.29, 0.717) is 5.16 Å². The lowest BCUT2D eigenvalue weighted by Crippen LogP contribution is -2.14. The largest absolute Gasteiger partial charge is 0.324 e. The molecule has 0 bridgehead atoms. The molecule has 1 N–H and O–H groups in total. The van der Waals surface area contributed by atoms with Crippen LogP contribution in [0, 0.1) is 13.8 Å². The maximum Gasteiger partial charge on any atom is 0.234 e. The second-order valence-electron chi connectivity index (χ2n) is 5.59. The molecule has 0 aliphatic rings. The first-order valence-corrected chi connectivity index (χ1v) is 9.47. The number of aryl methyl sites for hydroxylation is 2. The van der Waals surface area contributed by atoms with Crippen molar-refractivity contribution in [1.82, 2.24) is 14.8 Å². The normalized spacial score (nSPS) is 10.7. The van der Waals surface area contributed by atoms with Gasteiger partial charge in [0.25, 0.3) is 0 Å². The van der Waals surface area contributed by atoms with Gasteiger partial charge in [-0.25, -0.2) is 0 Å². The first-order chi connectivity index (χ1) is 12.0. The van der Waals surface area contributed by atoms with E-state index in [4.69, 9.17) is 0 Å². The number of hydrogen-bond acceptors (Lipinski definition) is 4. The van der Waals surface area contributed by atoms with Crippen molar-refractivity contribution >= 4 is 39.3 Å². The SMILES string of the molecule is Cc1ccc(-n2cnnc2SCC(=O)Nc2ccccc2Br)c(C)c1. The van der Waals surface area contributed by atoms with Crippen molar-refractivity contribution < 1.29 is 4.79 Å². The number of nitrogens with one attached hydrogen (secondary N) is 1. The highest BCUT2D eigenvalue weighted by Gasteiger charge is 2.12. The predicted molar refractivity (Wildman–Crippen MR) is 104 cm³/mol. The predicted octanol–water partition coefficient (Wildman–Crippen LogP) is 4.38. The number of thioether (sulfide) groups is 1. The number of halogens is 1. The third kappa shape index (κ3) is 4.29. The van der Waals surface area contributed by atoms with E-state index in [-0.39, 0.29) is 11.7 Å². The summed E-state index contributed by atoms with van der Waals surface area (Å²) in [7, 11) is 0. The van der Waals surface area contributed by atoms with Gasteiger partial charge in [-0.3, -0.25) is 9.36 Å². The third-order valence-corrected chi connectivity index (χ3v) is 5.24. The molecule has 1 aromatic heterocycles. The Hall–Kier alpha value is -2.12. The molecule has 3 aromatic rings. The van der Waals surface area contributed by atoms with E-state index < -0.39 is 0 Å². The molecule has 1 amide bonds. The summed E-state index contributed by atoms with van der Waals surface area (Å²) in [5.41, 5.74) is 4.11. The number of carbonyl (C=O) groups excluding carboxylic acids is 1. The van der Waals surface area contributed by atoms with Gasteiger partial charge in [-0.1, -0.05) is 41.6 Å². The van der Waals surface area contributed by atoms with E-state index in [9.17, 15) is 4.79 Å². The van der Waals surface area contributed by atoms with E-state index in [1.54, 1.807) is 6.33 Å². The summed E-state index contributed by atoms with van der Waals surface area (Å²) in [5.74, 6) is 0.164. The maximum absolute atomic E-state index is 12.2. The standard InChI is InChI=1S/C18H17BrN4OS/c1-12-7-8-16(13(2)9-12)23-11-20-22-18(23)25-10-17(24)21-15-6-4-3-5-14(15)19/h3-9,11H,10H2,1-2H3,(H,21,24). The monoisotopic (exact) mass is 416 g/mol. The van der Waals surface area contributed by atoms with Gasteiger partial charge in [-0.05, 0) is 53.5 Å². The van der Waals surface area contributed by atoms with Gasteiger partial charge in [0.05, 0.1) is 17.1 Å². The summed E-state index contributed by atoms with van der Waals surface area (Å²) < 4.78 is 2.76. The molecular formula is C18H17BrN4OS. The number of para-hydroxylation sites is 1. The molecule has 2 aromatic carbocycles. The number of amides is 1. The highest BCUT2D eigenvalue weighted by atomic mass is 79.9. The van der Waals surface area contributed by atoms with Crippen molar-refractivity contribution in [2.75, 3.05) is 11.1 Å².